The van der Waals surface area contributed by atoms with Crippen LogP contribution in [0.1, 0.15) is 29.2 Å². The number of para-hydroxylation sites is 1. The third-order valence-corrected chi connectivity index (χ3v) is 5.89. The number of pyridine rings is 2. The molecule has 0 saturated carbocycles. The zero-order chi connectivity index (χ0) is 22.8. The Labute approximate surface area is 195 Å². The summed E-state index contributed by atoms with van der Waals surface area (Å²) in [5.41, 5.74) is 2.09. The van der Waals surface area contributed by atoms with E-state index in [1.165, 1.54) is 6.07 Å². The minimum atomic E-state index is -0.409. The van der Waals surface area contributed by atoms with Crippen molar-refractivity contribution >= 4 is 23.0 Å². The van der Waals surface area contributed by atoms with E-state index in [0.717, 1.165) is 11.4 Å². The summed E-state index contributed by atoms with van der Waals surface area (Å²) in [6, 6.07) is 21.0. The summed E-state index contributed by atoms with van der Waals surface area (Å²) in [5, 5.41) is 15.4. The van der Waals surface area contributed by atoms with Gasteiger partial charge in [-0.3, -0.25) is 20.1 Å². The molecule has 33 heavy (non-hydrogen) atoms. The number of hydrogen-bond donors (Lipinski definition) is 1. The molecule has 1 aromatic carbocycles. The van der Waals surface area contributed by atoms with Crippen LogP contribution in [0.4, 0.5) is 5.69 Å². The van der Waals surface area contributed by atoms with Gasteiger partial charge in [0.05, 0.1) is 34.5 Å². The molecule has 0 amide bonds. The lowest BCUT2D eigenvalue weighted by molar-refractivity contribution is -0.384. The van der Waals surface area contributed by atoms with Gasteiger partial charge in [0.15, 0.2) is 5.11 Å². The van der Waals surface area contributed by atoms with Crippen LogP contribution in [0.3, 0.4) is 0 Å². The fourth-order valence-electron chi connectivity index (χ4n) is 4.05. The minimum absolute atomic E-state index is 0.00918. The fraction of sp³-hybridized carbons (Fsp3) is 0.125. The number of furan rings is 1. The molecule has 0 radical (unpaired) electrons. The Morgan fingerprint density at radius 1 is 1.00 bits per heavy atom. The highest BCUT2D eigenvalue weighted by Crippen LogP contribution is 2.42. The highest BCUT2D eigenvalue weighted by atomic mass is 32.1. The molecule has 0 aliphatic carbocycles. The number of thiocarbonyl (C=S) groups is 1. The van der Waals surface area contributed by atoms with Gasteiger partial charge in [-0.25, -0.2) is 0 Å². The Kier molecular flexibility index (Phi) is 5.54. The number of nitro benzene ring substituents is 1. The molecular weight excluding hydrogens is 438 g/mol. The molecule has 4 aromatic rings. The van der Waals surface area contributed by atoms with Crippen molar-refractivity contribution < 1.29 is 9.34 Å². The van der Waals surface area contributed by atoms with Crippen molar-refractivity contribution in [2.45, 2.75) is 18.6 Å². The largest absolute Gasteiger partial charge is 0.459 e. The fourth-order valence-corrected chi connectivity index (χ4v) is 4.35. The highest BCUT2D eigenvalue weighted by molar-refractivity contribution is 7.80. The number of nitrogens with zero attached hydrogens (tertiary/aromatic N) is 4. The summed E-state index contributed by atoms with van der Waals surface area (Å²) in [7, 11) is 0. The molecule has 1 fully saturated rings. The van der Waals surface area contributed by atoms with Gasteiger partial charge >= 0.3 is 0 Å². The van der Waals surface area contributed by atoms with E-state index in [1.54, 1.807) is 36.7 Å². The molecule has 4 heterocycles. The summed E-state index contributed by atoms with van der Waals surface area (Å²) < 4.78 is 6.22. The molecule has 9 heteroatoms. The summed E-state index contributed by atoms with van der Waals surface area (Å²) in [4.78, 5) is 22.1. The van der Waals surface area contributed by atoms with E-state index in [9.17, 15) is 10.1 Å². The van der Waals surface area contributed by atoms with Crippen molar-refractivity contribution in [1.29, 1.82) is 0 Å². The molecule has 0 bridgehead atoms. The van der Waals surface area contributed by atoms with E-state index < -0.39 is 4.92 Å². The van der Waals surface area contributed by atoms with Gasteiger partial charge in [-0.2, -0.15) is 0 Å². The molecule has 3 aromatic heterocycles. The van der Waals surface area contributed by atoms with Gasteiger partial charge in [-0.1, -0.05) is 24.3 Å². The Balaban J connectivity index is 1.56. The first kappa shape index (κ1) is 20.8. The third-order valence-electron chi connectivity index (χ3n) is 5.54. The number of nitrogens with one attached hydrogen (secondary N) is 1. The van der Waals surface area contributed by atoms with Crippen LogP contribution in [0.2, 0.25) is 0 Å². The van der Waals surface area contributed by atoms with Gasteiger partial charge in [0.2, 0.25) is 0 Å². The summed E-state index contributed by atoms with van der Waals surface area (Å²) in [6.45, 7) is 0.474. The van der Waals surface area contributed by atoms with Crippen LogP contribution in [-0.4, -0.2) is 24.9 Å². The molecule has 1 N–H and O–H groups in total. The van der Waals surface area contributed by atoms with E-state index in [2.05, 4.69) is 15.3 Å². The zero-order valence-corrected chi connectivity index (χ0v) is 18.2. The van der Waals surface area contributed by atoms with Crippen LogP contribution in [0.15, 0.2) is 89.6 Å². The zero-order valence-electron chi connectivity index (χ0n) is 17.4. The Hall–Kier alpha value is -4.11. The summed E-state index contributed by atoms with van der Waals surface area (Å²) in [6.07, 6.45) is 3.48. The second-order valence-corrected chi connectivity index (χ2v) is 7.94. The minimum Gasteiger partial charge on any atom is -0.459 e. The predicted molar refractivity (Wildman–Crippen MR) is 126 cm³/mol. The number of rotatable bonds is 6. The average Bonchev–Trinajstić information content (AvgIpc) is 3.45. The van der Waals surface area contributed by atoms with Crippen LogP contribution in [-0.2, 0) is 6.54 Å². The molecule has 0 unspecified atom stereocenters. The van der Waals surface area contributed by atoms with Crippen LogP contribution >= 0.6 is 12.2 Å². The summed E-state index contributed by atoms with van der Waals surface area (Å²) >= 11 is 5.68. The van der Waals surface area contributed by atoms with Crippen LogP contribution in [0, 0.1) is 10.1 Å². The van der Waals surface area contributed by atoms with E-state index in [-0.39, 0.29) is 17.8 Å². The van der Waals surface area contributed by atoms with Crippen molar-refractivity contribution in [3.05, 3.63) is 112 Å². The average molecular weight is 458 g/mol. The van der Waals surface area contributed by atoms with Crippen molar-refractivity contribution in [1.82, 2.24) is 20.2 Å². The van der Waals surface area contributed by atoms with Gasteiger partial charge in [-0.05, 0) is 54.7 Å². The number of benzene rings is 1. The maximum Gasteiger partial charge on any atom is 0.280 e. The van der Waals surface area contributed by atoms with Gasteiger partial charge in [0.1, 0.15) is 17.6 Å². The second-order valence-electron chi connectivity index (χ2n) is 7.55. The smallest absolute Gasteiger partial charge is 0.280 e. The number of hydrogen-bond acceptors (Lipinski definition) is 6. The lowest BCUT2D eigenvalue weighted by atomic mass is 10.0. The molecule has 1 aliphatic heterocycles. The van der Waals surface area contributed by atoms with Crippen molar-refractivity contribution in [2.75, 3.05) is 0 Å². The number of aromatic nitrogens is 2. The maximum absolute atomic E-state index is 11.5. The molecule has 1 aliphatic rings. The third kappa shape index (κ3) is 4.06. The first-order valence-electron chi connectivity index (χ1n) is 10.3. The summed E-state index contributed by atoms with van der Waals surface area (Å²) in [5.74, 6) is 1.05. The monoisotopic (exact) mass is 457 g/mol. The Bertz CT molecular complexity index is 1300. The quantitative estimate of drug-likeness (QED) is 0.250. The lowest BCUT2D eigenvalue weighted by Gasteiger charge is -2.25. The van der Waals surface area contributed by atoms with E-state index >= 15 is 0 Å². The van der Waals surface area contributed by atoms with Gasteiger partial charge in [-0.15, -0.1) is 0 Å². The highest BCUT2D eigenvalue weighted by Gasteiger charge is 2.42. The molecular formula is C24H19N5O3S. The van der Waals surface area contributed by atoms with Crippen LogP contribution in [0.25, 0.3) is 11.3 Å². The van der Waals surface area contributed by atoms with Gasteiger partial charge < -0.3 is 14.6 Å². The first-order valence-corrected chi connectivity index (χ1v) is 10.7. The Morgan fingerprint density at radius 2 is 1.76 bits per heavy atom. The van der Waals surface area contributed by atoms with Crippen molar-refractivity contribution in [2.24, 2.45) is 0 Å². The first-order chi connectivity index (χ1) is 16.1. The normalized spacial score (nSPS) is 17.7. The van der Waals surface area contributed by atoms with Crippen molar-refractivity contribution in [3.8, 4) is 11.3 Å². The van der Waals surface area contributed by atoms with E-state index in [4.69, 9.17) is 16.6 Å². The van der Waals surface area contributed by atoms with Crippen molar-refractivity contribution in [3.63, 3.8) is 0 Å². The molecule has 8 nitrogen and oxygen atoms in total. The molecule has 2 atom stereocenters. The second kappa shape index (κ2) is 8.79. The topological polar surface area (TPSA) is 97.3 Å². The van der Waals surface area contributed by atoms with E-state index in [0.29, 0.717) is 28.7 Å². The van der Waals surface area contributed by atoms with E-state index in [1.807, 2.05) is 47.4 Å². The lowest BCUT2D eigenvalue weighted by Crippen LogP contribution is -2.29. The van der Waals surface area contributed by atoms with Gasteiger partial charge in [0, 0.05) is 18.5 Å². The standard InChI is InChI=1S/C24H19N5O3S/c30-29(31)19-10-2-1-8-17(19)20-11-12-21(32-20)23-22(18-9-4-6-14-26-18)27-24(33)28(23)15-16-7-3-5-13-25-16/h1-14,22-23H,15H2,(H,27,33)/t22-,23+/m0/s1. The number of nitro groups is 1. The van der Waals surface area contributed by atoms with Crippen LogP contribution in [0.5, 0.6) is 0 Å². The van der Waals surface area contributed by atoms with Gasteiger partial charge in [0.25, 0.3) is 5.69 Å². The predicted octanol–water partition coefficient (Wildman–Crippen LogP) is 4.82. The molecule has 164 valence electrons. The molecule has 5 rings (SSSR count). The Morgan fingerprint density at radius 3 is 2.48 bits per heavy atom. The molecule has 1 saturated heterocycles. The van der Waals surface area contributed by atoms with Crippen LogP contribution < -0.4 is 5.32 Å². The molecule has 0 spiro atoms. The SMILES string of the molecule is O=[N+]([O-])c1ccccc1-c1ccc([C@@H]2[C@H](c3ccccn3)NC(=S)N2Cc2ccccn2)o1. The maximum atomic E-state index is 11.5.